The minimum absolute atomic E-state index is 0.0828. The number of anilines is 2. The lowest BCUT2D eigenvalue weighted by molar-refractivity contribution is 0.122. The van der Waals surface area contributed by atoms with Gasteiger partial charge in [0.05, 0.1) is 33.5 Å². The molecule has 1 atom stereocenters. The molecule has 3 fully saturated rings. The Kier molecular flexibility index (Phi) is 9.89. The summed E-state index contributed by atoms with van der Waals surface area (Å²) in [6, 6.07) is 41.1. The first kappa shape index (κ1) is 38.4. The van der Waals surface area contributed by atoms with Gasteiger partial charge in [-0.25, -0.2) is 0 Å². The number of ether oxygens (including phenoxy) is 4. The number of hydrogen-bond acceptors (Lipinski definition) is 6. The number of fused-ring (bicyclic) bond motifs is 10. The molecule has 310 valence electrons. The smallest absolute Gasteiger partial charge is 0.178 e. The Hall–Kier alpha value is -5.56. The van der Waals surface area contributed by atoms with Crippen LogP contribution in [-0.4, -0.2) is 59.7 Å². The van der Waals surface area contributed by atoms with Crippen LogP contribution < -0.4 is 19.3 Å². The van der Waals surface area contributed by atoms with Crippen molar-refractivity contribution in [2.75, 3.05) is 69.5 Å². The molecule has 6 aromatic carbocycles. The number of benzene rings is 6. The Labute approximate surface area is 360 Å². The molecule has 6 heteroatoms. The molecule has 3 aliphatic heterocycles. The van der Waals surface area contributed by atoms with Crippen LogP contribution in [0.3, 0.4) is 0 Å². The molecule has 5 aliphatic rings. The Morgan fingerprint density at radius 2 is 1.18 bits per heavy atom. The van der Waals surface area contributed by atoms with Crippen LogP contribution in [0.2, 0.25) is 0 Å². The molecule has 61 heavy (non-hydrogen) atoms. The van der Waals surface area contributed by atoms with Gasteiger partial charge in [0.1, 0.15) is 11.5 Å². The molecule has 0 radical (unpaired) electrons. The van der Waals surface area contributed by atoms with Crippen LogP contribution in [0.1, 0.15) is 78.3 Å². The summed E-state index contributed by atoms with van der Waals surface area (Å²) < 4.78 is 24.9. The Morgan fingerprint density at radius 3 is 1.82 bits per heavy atom. The molecular formula is C55H56N2O4. The quantitative estimate of drug-likeness (QED) is 0.167. The lowest BCUT2D eigenvalue weighted by Gasteiger charge is -2.40. The third-order valence-corrected chi connectivity index (χ3v) is 14.5. The van der Waals surface area contributed by atoms with E-state index in [0.717, 1.165) is 93.5 Å². The predicted octanol–water partition coefficient (Wildman–Crippen LogP) is 11.9. The molecule has 2 saturated heterocycles. The summed E-state index contributed by atoms with van der Waals surface area (Å²) in [6.07, 6.45) is 13.4. The molecule has 3 heterocycles. The minimum atomic E-state index is -0.867. The molecule has 1 spiro atoms. The summed E-state index contributed by atoms with van der Waals surface area (Å²) >= 11 is 0. The Balaban J connectivity index is 1.13. The van der Waals surface area contributed by atoms with Crippen molar-refractivity contribution < 1.29 is 18.9 Å². The third kappa shape index (κ3) is 6.53. The third-order valence-electron chi connectivity index (χ3n) is 14.5. The van der Waals surface area contributed by atoms with E-state index in [2.05, 4.69) is 138 Å². The van der Waals surface area contributed by atoms with Gasteiger partial charge in [0.15, 0.2) is 5.60 Å². The van der Waals surface area contributed by atoms with Crippen molar-refractivity contribution in [2.45, 2.75) is 62.9 Å². The van der Waals surface area contributed by atoms with E-state index in [4.69, 9.17) is 18.9 Å². The van der Waals surface area contributed by atoms with Gasteiger partial charge in [-0.3, -0.25) is 0 Å². The molecule has 1 unspecified atom stereocenters. The van der Waals surface area contributed by atoms with Crippen LogP contribution >= 0.6 is 0 Å². The molecule has 1 saturated carbocycles. The highest BCUT2D eigenvalue weighted by Gasteiger charge is 2.48. The van der Waals surface area contributed by atoms with Gasteiger partial charge in [-0.2, -0.15) is 0 Å². The molecule has 0 bridgehead atoms. The minimum Gasteiger partial charge on any atom is -0.497 e. The summed E-state index contributed by atoms with van der Waals surface area (Å²) in [5.74, 6) is 1.80. The zero-order valence-corrected chi connectivity index (χ0v) is 35.7. The molecular weight excluding hydrogens is 753 g/mol. The normalized spacial score (nSPS) is 20.7. The van der Waals surface area contributed by atoms with E-state index in [1.54, 1.807) is 7.11 Å². The van der Waals surface area contributed by atoms with Crippen molar-refractivity contribution >= 4 is 28.2 Å². The zero-order valence-electron chi connectivity index (χ0n) is 35.7. The first-order valence-corrected chi connectivity index (χ1v) is 22.7. The van der Waals surface area contributed by atoms with Gasteiger partial charge in [-0.05, 0) is 113 Å². The van der Waals surface area contributed by atoms with Crippen LogP contribution in [0.5, 0.6) is 11.5 Å². The van der Waals surface area contributed by atoms with E-state index in [-0.39, 0.29) is 5.41 Å². The Morgan fingerprint density at radius 1 is 0.590 bits per heavy atom. The summed E-state index contributed by atoms with van der Waals surface area (Å²) in [6.45, 7) is 8.97. The molecule has 2 aliphatic carbocycles. The van der Waals surface area contributed by atoms with Gasteiger partial charge in [0.2, 0.25) is 0 Å². The first-order chi connectivity index (χ1) is 30.0. The van der Waals surface area contributed by atoms with E-state index >= 15 is 0 Å². The molecule has 0 aromatic heterocycles. The van der Waals surface area contributed by atoms with Gasteiger partial charge in [-0.15, -0.1) is 0 Å². The second-order valence-electron chi connectivity index (χ2n) is 17.8. The van der Waals surface area contributed by atoms with E-state index in [1.807, 2.05) is 0 Å². The van der Waals surface area contributed by atoms with Crippen molar-refractivity contribution in [3.8, 4) is 33.8 Å². The average Bonchev–Trinajstić information content (AvgIpc) is 3.60. The van der Waals surface area contributed by atoms with Crippen LogP contribution in [0.15, 0.2) is 115 Å². The fourth-order valence-corrected chi connectivity index (χ4v) is 11.3. The van der Waals surface area contributed by atoms with E-state index < -0.39 is 5.60 Å². The van der Waals surface area contributed by atoms with E-state index in [1.165, 1.54) is 93.4 Å². The number of methoxy groups -OCH3 is 1. The first-order valence-electron chi connectivity index (χ1n) is 22.7. The predicted molar refractivity (Wildman–Crippen MR) is 249 cm³/mol. The summed E-state index contributed by atoms with van der Waals surface area (Å²) in [5, 5.41) is 2.43. The van der Waals surface area contributed by atoms with Crippen LogP contribution in [0, 0.1) is 6.92 Å². The van der Waals surface area contributed by atoms with Gasteiger partial charge in [-0.1, -0.05) is 104 Å². The maximum absolute atomic E-state index is 7.85. The molecule has 0 amide bonds. The van der Waals surface area contributed by atoms with Crippen molar-refractivity contribution in [2.24, 2.45) is 0 Å². The summed E-state index contributed by atoms with van der Waals surface area (Å²) in [7, 11) is 1.73. The lowest BCUT2D eigenvalue weighted by atomic mass is 9.67. The number of morpholine rings is 2. The largest absolute Gasteiger partial charge is 0.497 e. The maximum atomic E-state index is 7.85. The second-order valence-corrected chi connectivity index (χ2v) is 17.8. The number of hydrogen-bond donors (Lipinski definition) is 0. The summed E-state index contributed by atoms with van der Waals surface area (Å²) in [5.41, 5.74) is 14.5. The molecule has 11 rings (SSSR count). The van der Waals surface area contributed by atoms with Crippen LogP contribution in [0.25, 0.3) is 39.1 Å². The molecule has 6 nitrogen and oxygen atoms in total. The fraction of sp³-hybridized carbons (Fsp3) is 0.345. The van der Waals surface area contributed by atoms with Gasteiger partial charge in [0, 0.05) is 65.0 Å². The van der Waals surface area contributed by atoms with Gasteiger partial charge < -0.3 is 28.7 Å². The second kappa shape index (κ2) is 15.7. The topological polar surface area (TPSA) is 43.4 Å². The highest BCUT2D eigenvalue weighted by atomic mass is 16.5. The lowest BCUT2D eigenvalue weighted by Crippen LogP contribution is -2.37. The van der Waals surface area contributed by atoms with Crippen molar-refractivity contribution in [3.05, 3.63) is 149 Å². The standard InChI is InChI=1S/C55H56N2O4/c1-38-8-23-50-49(36-38)51-48-37-40(39-9-16-43(17-10-39)56-28-32-59-33-29-56)11-22-46(48)53-47(52(51)54(50)25-6-4-3-5-7-26-54)24-27-55(61-53,42-14-20-45(58-2)21-15-42)41-12-18-44(19-13-41)57-30-34-60-35-31-57/h8-24,27,36-37H,3-7,25-26,28-35H2,1-2H3. The zero-order chi connectivity index (χ0) is 41.0. The van der Waals surface area contributed by atoms with E-state index in [9.17, 15) is 0 Å². The molecule has 0 N–H and O–H groups in total. The van der Waals surface area contributed by atoms with Gasteiger partial charge >= 0.3 is 0 Å². The summed E-state index contributed by atoms with van der Waals surface area (Å²) in [4.78, 5) is 4.84. The number of aryl methyl sites for hydroxylation is 1. The van der Waals surface area contributed by atoms with E-state index in [0.29, 0.717) is 0 Å². The average molecular weight is 809 g/mol. The number of nitrogens with zero attached hydrogens (tertiary/aromatic N) is 2. The van der Waals surface area contributed by atoms with Crippen LogP contribution in [0.4, 0.5) is 11.4 Å². The maximum Gasteiger partial charge on any atom is 0.178 e. The SMILES string of the molecule is COc1ccc(C2(c3ccc(N4CCOCC4)cc3)C=Cc3c4c(c5cc(-c6ccc(N7CCOCC7)cc6)ccc5c3O2)-c2cc(C)ccc2C42CCCCCCC2)cc1. The Bertz CT molecular complexity index is 2590. The van der Waals surface area contributed by atoms with Crippen molar-refractivity contribution in [1.29, 1.82) is 0 Å². The number of rotatable bonds is 6. The van der Waals surface area contributed by atoms with Crippen molar-refractivity contribution in [1.82, 2.24) is 0 Å². The highest BCUT2D eigenvalue weighted by molar-refractivity contribution is 6.10. The fourth-order valence-electron chi connectivity index (χ4n) is 11.3. The molecule has 6 aromatic rings. The monoisotopic (exact) mass is 808 g/mol. The highest BCUT2D eigenvalue weighted by Crippen LogP contribution is 2.62. The van der Waals surface area contributed by atoms with Gasteiger partial charge in [0.25, 0.3) is 0 Å². The van der Waals surface area contributed by atoms with Crippen LogP contribution in [-0.2, 0) is 20.5 Å². The van der Waals surface area contributed by atoms with Crippen molar-refractivity contribution in [3.63, 3.8) is 0 Å².